The fourth-order valence-corrected chi connectivity index (χ4v) is 1.94. The van der Waals surface area contributed by atoms with Crippen molar-refractivity contribution in [2.45, 2.75) is 0 Å². The summed E-state index contributed by atoms with van der Waals surface area (Å²) in [5.74, 6) is -0.198. The summed E-state index contributed by atoms with van der Waals surface area (Å²) in [5.41, 5.74) is 1.62. The molecule has 2 nitrogen and oxygen atoms in total. The molecule has 0 atom stereocenters. The van der Waals surface area contributed by atoms with Gasteiger partial charge in [-0.3, -0.25) is 0 Å². The van der Waals surface area contributed by atoms with Crippen molar-refractivity contribution in [2.75, 3.05) is 30.4 Å². The largest absolute Gasteiger partial charge is 0.383 e. The number of hydrogen-bond acceptors (Lipinski definition) is 2. The van der Waals surface area contributed by atoms with E-state index in [0.29, 0.717) is 17.3 Å². The van der Waals surface area contributed by atoms with Crippen LogP contribution in [0.2, 0.25) is 5.02 Å². The second-order valence-electron chi connectivity index (χ2n) is 4.31. The molecule has 0 aliphatic rings. The van der Waals surface area contributed by atoms with E-state index < -0.39 is 0 Å². The molecule has 0 unspecified atom stereocenters. The Labute approximate surface area is 117 Å². The zero-order valence-electron chi connectivity index (χ0n) is 10.7. The highest BCUT2D eigenvalue weighted by Crippen LogP contribution is 2.17. The lowest BCUT2D eigenvalue weighted by molar-refractivity contribution is 0.623. The summed E-state index contributed by atoms with van der Waals surface area (Å²) in [7, 11) is 1.88. The van der Waals surface area contributed by atoms with Gasteiger partial charge in [0.05, 0.1) is 5.69 Å². The zero-order chi connectivity index (χ0) is 13.7. The molecule has 2 aromatic carbocycles. The Hall–Kier alpha value is -1.74. The van der Waals surface area contributed by atoms with Crippen LogP contribution in [0.3, 0.4) is 0 Å². The van der Waals surface area contributed by atoms with Crippen LogP contribution in [-0.4, -0.2) is 20.1 Å². The first kappa shape index (κ1) is 13.7. The smallest absolute Gasteiger partial charge is 0.146 e. The third-order valence-electron chi connectivity index (χ3n) is 2.88. The van der Waals surface area contributed by atoms with Crippen LogP contribution in [-0.2, 0) is 0 Å². The molecule has 2 rings (SSSR count). The molecule has 0 aliphatic heterocycles. The predicted molar refractivity (Wildman–Crippen MR) is 79.6 cm³/mol. The van der Waals surface area contributed by atoms with Crippen molar-refractivity contribution in [3.05, 3.63) is 59.4 Å². The van der Waals surface area contributed by atoms with Gasteiger partial charge in [0.25, 0.3) is 0 Å². The molecule has 0 fully saturated rings. The van der Waals surface area contributed by atoms with Crippen LogP contribution < -0.4 is 10.2 Å². The standard InChI is InChI=1S/C15H16ClFN2/c1-19(15-5-3-2-4-14(15)17)11-10-18-13-8-6-12(16)7-9-13/h2-9,18H,10-11H2,1H3. The van der Waals surface area contributed by atoms with Gasteiger partial charge >= 0.3 is 0 Å². The number of likely N-dealkylation sites (N-methyl/N-ethyl adjacent to an activating group) is 1. The van der Waals surface area contributed by atoms with Gasteiger partial charge in [0.1, 0.15) is 5.82 Å². The number of anilines is 2. The van der Waals surface area contributed by atoms with Gasteiger partial charge in [-0.05, 0) is 36.4 Å². The minimum atomic E-state index is -0.198. The molecule has 0 aliphatic carbocycles. The molecule has 0 saturated carbocycles. The van der Waals surface area contributed by atoms with Gasteiger partial charge in [-0.15, -0.1) is 0 Å². The monoisotopic (exact) mass is 278 g/mol. The lowest BCUT2D eigenvalue weighted by Crippen LogP contribution is -2.25. The Balaban J connectivity index is 1.86. The minimum Gasteiger partial charge on any atom is -0.383 e. The van der Waals surface area contributed by atoms with Gasteiger partial charge in [-0.25, -0.2) is 4.39 Å². The minimum absolute atomic E-state index is 0.198. The van der Waals surface area contributed by atoms with E-state index >= 15 is 0 Å². The van der Waals surface area contributed by atoms with Crippen molar-refractivity contribution in [1.29, 1.82) is 0 Å². The van der Waals surface area contributed by atoms with Crippen molar-refractivity contribution in [3.8, 4) is 0 Å². The van der Waals surface area contributed by atoms with Gasteiger partial charge in [0.2, 0.25) is 0 Å². The molecule has 100 valence electrons. The van der Waals surface area contributed by atoms with Crippen LogP contribution in [0, 0.1) is 5.82 Å². The fourth-order valence-electron chi connectivity index (χ4n) is 1.82. The van der Waals surface area contributed by atoms with Crippen LogP contribution >= 0.6 is 11.6 Å². The Morgan fingerprint density at radius 3 is 2.47 bits per heavy atom. The van der Waals surface area contributed by atoms with Crippen molar-refractivity contribution in [2.24, 2.45) is 0 Å². The van der Waals surface area contributed by atoms with E-state index in [4.69, 9.17) is 11.6 Å². The molecule has 0 aromatic heterocycles. The lowest BCUT2D eigenvalue weighted by atomic mass is 10.3. The summed E-state index contributed by atoms with van der Waals surface area (Å²) in [5, 5.41) is 3.99. The van der Waals surface area contributed by atoms with Crippen molar-refractivity contribution in [1.82, 2.24) is 0 Å². The summed E-state index contributed by atoms with van der Waals surface area (Å²) in [4.78, 5) is 1.89. The maximum absolute atomic E-state index is 13.6. The quantitative estimate of drug-likeness (QED) is 0.888. The third-order valence-corrected chi connectivity index (χ3v) is 3.14. The molecular weight excluding hydrogens is 263 g/mol. The van der Waals surface area contributed by atoms with Gasteiger partial charge in [-0.1, -0.05) is 23.7 Å². The van der Waals surface area contributed by atoms with E-state index in [1.807, 2.05) is 42.3 Å². The molecule has 0 bridgehead atoms. The van der Waals surface area contributed by atoms with Crippen molar-refractivity contribution >= 4 is 23.0 Å². The maximum Gasteiger partial charge on any atom is 0.146 e. The normalized spacial score (nSPS) is 10.3. The first-order valence-corrected chi connectivity index (χ1v) is 6.50. The molecule has 0 radical (unpaired) electrons. The van der Waals surface area contributed by atoms with Crippen LogP contribution in [0.1, 0.15) is 0 Å². The maximum atomic E-state index is 13.6. The Kier molecular flexibility index (Phi) is 4.63. The lowest BCUT2D eigenvalue weighted by Gasteiger charge is -2.20. The van der Waals surface area contributed by atoms with Gasteiger partial charge < -0.3 is 10.2 Å². The Morgan fingerprint density at radius 1 is 1.11 bits per heavy atom. The molecule has 0 amide bonds. The van der Waals surface area contributed by atoms with E-state index in [9.17, 15) is 4.39 Å². The van der Waals surface area contributed by atoms with E-state index in [0.717, 1.165) is 12.2 Å². The molecule has 2 aromatic rings. The number of rotatable bonds is 5. The van der Waals surface area contributed by atoms with Crippen LogP contribution in [0.4, 0.5) is 15.8 Å². The predicted octanol–water partition coefficient (Wildman–Crippen LogP) is 4.03. The molecule has 0 saturated heterocycles. The van der Waals surface area contributed by atoms with E-state index in [2.05, 4.69) is 5.32 Å². The summed E-state index contributed by atoms with van der Waals surface area (Å²) >= 11 is 5.82. The topological polar surface area (TPSA) is 15.3 Å². The summed E-state index contributed by atoms with van der Waals surface area (Å²) in [6, 6.07) is 14.3. The average molecular weight is 279 g/mol. The van der Waals surface area contributed by atoms with Crippen LogP contribution in [0.25, 0.3) is 0 Å². The first-order chi connectivity index (χ1) is 9.16. The second kappa shape index (κ2) is 6.43. The first-order valence-electron chi connectivity index (χ1n) is 6.12. The SMILES string of the molecule is CN(CCNc1ccc(Cl)cc1)c1ccccc1F. The third kappa shape index (κ3) is 3.86. The summed E-state index contributed by atoms with van der Waals surface area (Å²) in [6.07, 6.45) is 0. The van der Waals surface area contributed by atoms with Gasteiger partial charge in [-0.2, -0.15) is 0 Å². The van der Waals surface area contributed by atoms with Crippen molar-refractivity contribution < 1.29 is 4.39 Å². The van der Waals surface area contributed by atoms with Crippen LogP contribution in [0.5, 0.6) is 0 Å². The Bertz CT molecular complexity index is 528. The molecular formula is C15H16ClFN2. The number of nitrogens with one attached hydrogen (secondary N) is 1. The fraction of sp³-hybridized carbons (Fsp3) is 0.200. The Morgan fingerprint density at radius 2 is 1.79 bits per heavy atom. The van der Waals surface area contributed by atoms with Gasteiger partial charge in [0, 0.05) is 30.8 Å². The zero-order valence-corrected chi connectivity index (χ0v) is 11.5. The highest BCUT2D eigenvalue weighted by atomic mass is 35.5. The number of hydrogen-bond donors (Lipinski definition) is 1. The highest BCUT2D eigenvalue weighted by molar-refractivity contribution is 6.30. The van der Waals surface area contributed by atoms with Crippen molar-refractivity contribution in [3.63, 3.8) is 0 Å². The number of para-hydroxylation sites is 1. The molecule has 19 heavy (non-hydrogen) atoms. The number of benzene rings is 2. The number of halogens is 2. The molecule has 1 N–H and O–H groups in total. The second-order valence-corrected chi connectivity index (χ2v) is 4.74. The van der Waals surface area contributed by atoms with E-state index in [1.165, 1.54) is 6.07 Å². The summed E-state index contributed by atoms with van der Waals surface area (Å²) < 4.78 is 13.6. The van der Waals surface area contributed by atoms with E-state index in [-0.39, 0.29) is 5.82 Å². The molecule has 0 heterocycles. The molecule has 0 spiro atoms. The molecule has 4 heteroatoms. The van der Waals surface area contributed by atoms with Crippen LogP contribution in [0.15, 0.2) is 48.5 Å². The summed E-state index contributed by atoms with van der Waals surface area (Å²) in [6.45, 7) is 1.44. The average Bonchev–Trinajstić information content (AvgIpc) is 2.41. The van der Waals surface area contributed by atoms with E-state index in [1.54, 1.807) is 12.1 Å². The number of nitrogens with zero attached hydrogens (tertiary/aromatic N) is 1. The highest BCUT2D eigenvalue weighted by Gasteiger charge is 2.05. The van der Waals surface area contributed by atoms with Gasteiger partial charge in [0.15, 0.2) is 0 Å².